The van der Waals surface area contributed by atoms with Gasteiger partial charge in [0.2, 0.25) is 0 Å². The molecule has 2 atom stereocenters. The van der Waals surface area contributed by atoms with Crippen LogP contribution in [0.1, 0.15) is 12.0 Å². The summed E-state index contributed by atoms with van der Waals surface area (Å²) in [5, 5.41) is 0. The quantitative estimate of drug-likeness (QED) is 0.638. The van der Waals surface area contributed by atoms with Crippen LogP contribution in [0.15, 0.2) is 41.4 Å². The number of nitrogens with two attached hydrogens (primary N) is 1. The molecule has 2 aliphatic rings. The first-order chi connectivity index (χ1) is 7.34. The second-order valence-corrected chi connectivity index (χ2v) is 4.25. The van der Waals surface area contributed by atoms with Crippen LogP contribution in [0.25, 0.3) is 0 Å². The summed E-state index contributed by atoms with van der Waals surface area (Å²) in [7, 11) is 0. The van der Waals surface area contributed by atoms with Crippen molar-refractivity contribution in [1.29, 1.82) is 0 Å². The van der Waals surface area contributed by atoms with Crippen molar-refractivity contribution in [3.05, 3.63) is 42.0 Å². The molecule has 0 aromatic heterocycles. The average molecular weight is 198 g/mol. The zero-order valence-corrected chi connectivity index (χ0v) is 8.56. The zero-order valence-electron chi connectivity index (χ0n) is 8.56. The number of aliphatic imine (C=N–C) groups is 1. The highest BCUT2D eigenvalue weighted by molar-refractivity contribution is 5.94. The lowest BCUT2D eigenvalue weighted by atomic mass is 9.81. The molecule has 2 N–H and O–H groups in total. The van der Waals surface area contributed by atoms with Crippen LogP contribution >= 0.6 is 0 Å². The lowest BCUT2D eigenvalue weighted by molar-refractivity contribution is 0.583. The fourth-order valence-electron chi connectivity index (χ4n) is 2.42. The van der Waals surface area contributed by atoms with Crippen LogP contribution in [-0.4, -0.2) is 11.8 Å². The maximum atomic E-state index is 6.08. The minimum atomic E-state index is 0.144. The Morgan fingerprint density at radius 3 is 3.07 bits per heavy atom. The predicted octanol–water partition coefficient (Wildman–Crippen LogP) is 2.22. The van der Waals surface area contributed by atoms with Crippen molar-refractivity contribution >= 4 is 11.4 Å². The number of allylic oxidation sites excluding steroid dienone is 1. The Kier molecular flexibility index (Phi) is 1.96. The molecule has 1 aliphatic heterocycles. The number of fused-ring (bicyclic) bond motifs is 2. The predicted molar refractivity (Wildman–Crippen MR) is 62.5 cm³/mol. The van der Waals surface area contributed by atoms with E-state index in [-0.39, 0.29) is 6.04 Å². The molecule has 1 aromatic rings. The second-order valence-electron chi connectivity index (χ2n) is 4.25. The second kappa shape index (κ2) is 3.31. The van der Waals surface area contributed by atoms with Gasteiger partial charge in [0.25, 0.3) is 0 Å². The van der Waals surface area contributed by atoms with E-state index in [4.69, 9.17) is 10.7 Å². The summed E-state index contributed by atoms with van der Waals surface area (Å²) < 4.78 is 0. The van der Waals surface area contributed by atoms with E-state index >= 15 is 0 Å². The third kappa shape index (κ3) is 1.41. The van der Waals surface area contributed by atoms with E-state index in [9.17, 15) is 0 Å². The Labute approximate surface area is 89.5 Å². The van der Waals surface area contributed by atoms with E-state index in [1.54, 1.807) is 0 Å². The van der Waals surface area contributed by atoms with Crippen molar-refractivity contribution in [1.82, 2.24) is 0 Å². The van der Waals surface area contributed by atoms with E-state index in [0.717, 1.165) is 18.5 Å². The van der Waals surface area contributed by atoms with E-state index in [0.29, 0.717) is 5.92 Å². The fraction of sp³-hybridized carbons (Fsp3) is 0.308. The number of rotatable bonds is 0. The molecule has 1 aromatic carbocycles. The number of hydrogen-bond donors (Lipinski definition) is 1. The largest absolute Gasteiger partial charge is 0.324 e. The molecule has 0 radical (unpaired) electrons. The highest BCUT2D eigenvalue weighted by atomic mass is 14.8. The number of benzene rings is 1. The minimum Gasteiger partial charge on any atom is -0.324 e. The fourth-order valence-corrected chi connectivity index (χ4v) is 2.42. The van der Waals surface area contributed by atoms with Crippen molar-refractivity contribution in [2.75, 3.05) is 0 Å². The number of para-hydroxylation sites is 1. The van der Waals surface area contributed by atoms with Crippen LogP contribution in [-0.2, 0) is 6.42 Å². The highest BCUT2D eigenvalue weighted by Gasteiger charge is 2.28. The average Bonchev–Trinajstić information content (AvgIpc) is 2.27. The van der Waals surface area contributed by atoms with E-state index in [1.165, 1.54) is 11.3 Å². The van der Waals surface area contributed by atoms with E-state index in [1.807, 2.05) is 6.07 Å². The van der Waals surface area contributed by atoms with E-state index in [2.05, 4.69) is 30.4 Å². The normalized spacial score (nSPS) is 27.9. The molecule has 0 saturated heterocycles. The molecule has 2 heteroatoms. The molecule has 0 saturated carbocycles. The van der Waals surface area contributed by atoms with Crippen LogP contribution in [0.5, 0.6) is 0 Å². The summed E-state index contributed by atoms with van der Waals surface area (Å²) in [6, 6.07) is 8.50. The van der Waals surface area contributed by atoms with Crippen LogP contribution in [0, 0.1) is 5.92 Å². The van der Waals surface area contributed by atoms with Gasteiger partial charge in [-0.15, -0.1) is 0 Å². The smallest absolute Gasteiger partial charge is 0.0661 e. The molecule has 0 fully saturated rings. The Bertz CT molecular complexity index is 446. The van der Waals surface area contributed by atoms with Crippen LogP contribution in [0.4, 0.5) is 5.69 Å². The molecule has 0 bridgehead atoms. The SMILES string of the molecule is NC1C=CCC2=Nc3ccccc3CC21. The van der Waals surface area contributed by atoms with Gasteiger partial charge in [-0.25, -0.2) is 0 Å². The first-order valence-corrected chi connectivity index (χ1v) is 5.42. The summed E-state index contributed by atoms with van der Waals surface area (Å²) in [5.41, 5.74) is 9.79. The van der Waals surface area contributed by atoms with Crippen LogP contribution in [0.3, 0.4) is 0 Å². The van der Waals surface area contributed by atoms with Gasteiger partial charge in [-0.05, 0) is 18.1 Å². The Morgan fingerprint density at radius 2 is 2.13 bits per heavy atom. The summed E-state index contributed by atoms with van der Waals surface area (Å²) in [4.78, 5) is 4.70. The van der Waals surface area contributed by atoms with E-state index < -0.39 is 0 Å². The van der Waals surface area contributed by atoms with Crippen molar-refractivity contribution in [3.8, 4) is 0 Å². The molecule has 0 amide bonds. The molecule has 2 nitrogen and oxygen atoms in total. The van der Waals surface area contributed by atoms with Gasteiger partial charge < -0.3 is 5.73 Å². The van der Waals surface area contributed by atoms with Gasteiger partial charge in [0, 0.05) is 24.1 Å². The summed E-state index contributed by atoms with van der Waals surface area (Å²) in [6.45, 7) is 0. The standard InChI is InChI=1S/C13H14N2/c14-11-5-3-7-13-10(11)8-9-4-1-2-6-12(9)15-13/h1-6,10-11H,7-8,14H2. The maximum absolute atomic E-state index is 6.08. The molecular formula is C13H14N2. The Hall–Kier alpha value is -1.41. The molecule has 15 heavy (non-hydrogen) atoms. The molecule has 0 spiro atoms. The van der Waals surface area contributed by atoms with Gasteiger partial charge in [-0.1, -0.05) is 30.4 Å². The topological polar surface area (TPSA) is 38.4 Å². The first kappa shape index (κ1) is 8.86. The molecule has 1 aliphatic carbocycles. The van der Waals surface area contributed by atoms with Gasteiger partial charge >= 0.3 is 0 Å². The Morgan fingerprint density at radius 1 is 1.27 bits per heavy atom. The van der Waals surface area contributed by atoms with Crippen LogP contribution < -0.4 is 5.73 Å². The Balaban J connectivity index is 2.07. The summed E-state index contributed by atoms with van der Waals surface area (Å²) in [5.74, 6) is 0.421. The van der Waals surface area contributed by atoms with Crippen molar-refractivity contribution < 1.29 is 0 Å². The summed E-state index contributed by atoms with van der Waals surface area (Å²) >= 11 is 0. The number of nitrogens with zero attached hydrogens (tertiary/aromatic N) is 1. The number of hydrogen-bond acceptors (Lipinski definition) is 2. The lowest BCUT2D eigenvalue weighted by Crippen LogP contribution is -2.38. The monoisotopic (exact) mass is 198 g/mol. The highest BCUT2D eigenvalue weighted by Crippen LogP contribution is 2.32. The van der Waals surface area contributed by atoms with Gasteiger partial charge in [-0.3, -0.25) is 4.99 Å². The minimum absolute atomic E-state index is 0.144. The van der Waals surface area contributed by atoms with Gasteiger partial charge in [0.15, 0.2) is 0 Å². The molecule has 1 heterocycles. The van der Waals surface area contributed by atoms with Gasteiger partial charge in [0.1, 0.15) is 0 Å². The van der Waals surface area contributed by atoms with Crippen molar-refractivity contribution in [3.63, 3.8) is 0 Å². The third-order valence-corrected chi connectivity index (χ3v) is 3.27. The third-order valence-electron chi connectivity index (χ3n) is 3.27. The lowest BCUT2D eigenvalue weighted by Gasteiger charge is -2.30. The maximum Gasteiger partial charge on any atom is 0.0661 e. The first-order valence-electron chi connectivity index (χ1n) is 5.42. The molecule has 2 unspecified atom stereocenters. The summed E-state index contributed by atoms with van der Waals surface area (Å²) in [6.07, 6.45) is 6.25. The van der Waals surface area contributed by atoms with Crippen molar-refractivity contribution in [2.24, 2.45) is 16.6 Å². The van der Waals surface area contributed by atoms with Crippen LogP contribution in [0.2, 0.25) is 0 Å². The molecule has 3 rings (SSSR count). The molecule has 76 valence electrons. The van der Waals surface area contributed by atoms with Gasteiger partial charge in [-0.2, -0.15) is 0 Å². The van der Waals surface area contributed by atoms with Gasteiger partial charge in [0.05, 0.1) is 5.69 Å². The molecular weight excluding hydrogens is 184 g/mol. The zero-order chi connectivity index (χ0) is 10.3. The van der Waals surface area contributed by atoms with Crippen molar-refractivity contribution in [2.45, 2.75) is 18.9 Å².